The van der Waals surface area contributed by atoms with Crippen molar-refractivity contribution in [2.24, 2.45) is 0 Å². The second kappa shape index (κ2) is 9.08. The van der Waals surface area contributed by atoms with Gasteiger partial charge in [-0.2, -0.15) is 0 Å². The smallest absolute Gasteiger partial charge is 0.338 e. The Morgan fingerprint density at radius 1 is 1.28 bits per heavy atom. The largest absolute Gasteiger partial charge is 0.497 e. The zero-order chi connectivity index (χ0) is 19.0. The number of esters is 1. The first-order valence-electron chi connectivity index (χ1n) is 7.63. The zero-order valence-electron chi connectivity index (χ0n) is 14.8. The van der Waals surface area contributed by atoms with Crippen LogP contribution in [0.3, 0.4) is 0 Å². The molecule has 0 aliphatic carbocycles. The maximum Gasteiger partial charge on any atom is 0.338 e. The monoisotopic (exact) mass is 365 g/mol. The highest BCUT2D eigenvalue weighted by molar-refractivity contribution is 7.89. The number of sulfonamides is 1. The number of carbonyl (C=O) groups excluding carboxylic acids is 1. The first-order chi connectivity index (χ1) is 11.7. The van der Waals surface area contributed by atoms with Gasteiger partial charge in [-0.15, -0.1) is 0 Å². The standard InChI is InChI=1S/C18H23NO5S/c1-6-17(18(20)24-7-2)13(3)12-14(4)19-25(21,22)16-10-8-15(23-5)9-11-16/h6,8-12,19H,4,7H2,1-3,5H3/b13-12+,17-6-. The Kier molecular flexibility index (Phi) is 7.44. The Morgan fingerprint density at radius 2 is 1.88 bits per heavy atom. The molecule has 0 bridgehead atoms. The number of rotatable bonds is 8. The maximum atomic E-state index is 12.4. The summed E-state index contributed by atoms with van der Waals surface area (Å²) in [5.41, 5.74) is 1.03. The third kappa shape index (κ3) is 5.79. The average molecular weight is 365 g/mol. The fourth-order valence-electron chi connectivity index (χ4n) is 2.07. The molecule has 0 heterocycles. The molecule has 136 valence electrons. The van der Waals surface area contributed by atoms with Crippen LogP contribution in [-0.4, -0.2) is 28.1 Å². The van der Waals surface area contributed by atoms with Crippen LogP contribution in [0.15, 0.2) is 64.7 Å². The Bertz CT molecular complexity index is 789. The van der Waals surface area contributed by atoms with E-state index in [2.05, 4.69) is 11.3 Å². The van der Waals surface area contributed by atoms with E-state index in [1.807, 2.05) is 0 Å². The number of hydrogen-bond acceptors (Lipinski definition) is 5. The summed E-state index contributed by atoms with van der Waals surface area (Å²) in [6.45, 7) is 9.05. The van der Waals surface area contributed by atoms with Crippen LogP contribution in [0.4, 0.5) is 0 Å². The van der Waals surface area contributed by atoms with Crippen molar-refractivity contribution in [2.75, 3.05) is 13.7 Å². The molecule has 0 saturated heterocycles. The van der Waals surface area contributed by atoms with Crippen molar-refractivity contribution < 1.29 is 22.7 Å². The van der Waals surface area contributed by atoms with Gasteiger partial charge in [0.05, 0.1) is 24.2 Å². The molecule has 1 rings (SSSR count). The van der Waals surface area contributed by atoms with Crippen LogP contribution < -0.4 is 9.46 Å². The summed E-state index contributed by atoms with van der Waals surface area (Å²) in [6, 6.07) is 5.97. The van der Waals surface area contributed by atoms with Gasteiger partial charge in [0.1, 0.15) is 5.75 Å². The number of methoxy groups -OCH3 is 1. The molecular weight excluding hydrogens is 342 g/mol. The molecule has 0 saturated carbocycles. The number of benzene rings is 1. The summed E-state index contributed by atoms with van der Waals surface area (Å²) < 4.78 is 37.0. The van der Waals surface area contributed by atoms with Crippen LogP contribution in [0, 0.1) is 0 Å². The highest BCUT2D eigenvalue weighted by atomic mass is 32.2. The number of ether oxygens (including phenoxy) is 2. The predicted molar refractivity (Wildman–Crippen MR) is 96.6 cm³/mol. The van der Waals surface area contributed by atoms with Crippen molar-refractivity contribution in [1.29, 1.82) is 0 Å². The lowest BCUT2D eigenvalue weighted by atomic mass is 10.1. The van der Waals surface area contributed by atoms with Gasteiger partial charge < -0.3 is 9.47 Å². The second-order valence-corrected chi connectivity index (χ2v) is 6.74. The van der Waals surface area contributed by atoms with Crippen molar-refractivity contribution in [3.05, 3.63) is 59.8 Å². The third-order valence-electron chi connectivity index (χ3n) is 3.23. The van der Waals surface area contributed by atoms with Gasteiger partial charge in [-0.1, -0.05) is 12.7 Å². The van der Waals surface area contributed by atoms with Gasteiger partial charge in [0.25, 0.3) is 10.0 Å². The molecule has 6 nitrogen and oxygen atoms in total. The molecule has 1 aromatic carbocycles. The van der Waals surface area contributed by atoms with Crippen molar-refractivity contribution in [2.45, 2.75) is 25.7 Å². The minimum atomic E-state index is -3.78. The topological polar surface area (TPSA) is 81.7 Å². The second-order valence-electron chi connectivity index (χ2n) is 5.06. The van der Waals surface area contributed by atoms with E-state index >= 15 is 0 Å². The van der Waals surface area contributed by atoms with E-state index in [0.29, 0.717) is 16.9 Å². The van der Waals surface area contributed by atoms with Gasteiger partial charge >= 0.3 is 5.97 Å². The molecule has 7 heteroatoms. The summed E-state index contributed by atoms with van der Waals surface area (Å²) in [4.78, 5) is 11.9. The van der Waals surface area contributed by atoms with Gasteiger partial charge in [0.2, 0.25) is 0 Å². The highest BCUT2D eigenvalue weighted by Crippen LogP contribution is 2.17. The first-order valence-corrected chi connectivity index (χ1v) is 9.11. The summed E-state index contributed by atoms with van der Waals surface area (Å²) >= 11 is 0. The van der Waals surface area contributed by atoms with E-state index in [9.17, 15) is 13.2 Å². The molecule has 0 radical (unpaired) electrons. The van der Waals surface area contributed by atoms with Gasteiger partial charge in [-0.25, -0.2) is 13.2 Å². The molecule has 1 N–H and O–H groups in total. The Hall–Kier alpha value is -2.54. The molecule has 0 amide bonds. The molecule has 0 spiro atoms. The Balaban J connectivity index is 2.94. The molecule has 0 atom stereocenters. The number of carbonyl (C=O) groups is 1. The molecule has 0 fully saturated rings. The first kappa shape index (κ1) is 20.5. The molecule has 0 aliphatic rings. The van der Waals surface area contributed by atoms with E-state index in [0.717, 1.165) is 0 Å². The lowest BCUT2D eigenvalue weighted by Crippen LogP contribution is -2.22. The van der Waals surface area contributed by atoms with Crippen LogP contribution in [0.2, 0.25) is 0 Å². The molecule has 0 aliphatic heterocycles. The van der Waals surface area contributed by atoms with E-state index in [-0.39, 0.29) is 17.2 Å². The van der Waals surface area contributed by atoms with Crippen LogP contribution in [0.1, 0.15) is 20.8 Å². The van der Waals surface area contributed by atoms with E-state index in [1.54, 1.807) is 39.0 Å². The molecule has 25 heavy (non-hydrogen) atoms. The lowest BCUT2D eigenvalue weighted by Gasteiger charge is -2.11. The number of nitrogens with one attached hydrogen (secondary N) is 1. The van der Waals surface area contributed by atoms with Crippen LogP contribution >= 0.6 is 0 Å². The number of hydrogen-bond donors (Lipinski definition) is 1. The van der Waals surface area contributed by atoms with Crippen molar-refractivity contribution in [1.82, 2.24) is 4.72 Å². The molecular formula is C18H23NO5S. The number of allylic oxidation sites excluding steroid dienone is 2. The normalized spacial score (nSPS) is 12.5. The van der Waals surface area contributed by atoms with Crippen molar-refractivity contribution in [3.63, 3.8) is 0 Å². The molecule has 1 aromatic rings. The summed E-state index contributed by atoms with van der Waals surface area (Å²) in [6.07, 6.45) is 3.09. The van der Waals surface area contributed by atoms with Gasteiger partial charge in [-0.05, 0) is 56.7 Å². The summed E-state index contributed by atoms with van der Waals surface area (Å²) in [5, 5.41) is 0. The minimum Gasteiger partial charge on any atom is -0.497 e. The zero-order valence-corrected chi connectivity index (χ0v) is 15.6. The summed E-state index contributed by atoms with van der Waals surface area (Å²) in [5.74, 6) is 0.0882. The van der Waals surface area contributed by atoms with Crippen molar-refractivity contribution in [3.8, 4) is 5.75 Å². The fourth-order valence-corrected chi connectivity index (χ4v) is 3.09. The third-order valence-corrected chi connectivity index (χ3v) is 4.66. The predicted octanol–water partition coefficient (Wildman–Crippen LogP) is 2.94. The van der Waals surface area contributed by atoms with E-state index < -0.39 is 16.0 Å². The van der Waals surface area contributed by atoms with Crippen LogP contribution in [-0.2, 0) is 19.6 Å². The molecule has 0 aromatic heterocycles. The van der Waals surface area contributed by atoms with Gasteiger partial charge in [0.15, 0.2) is 0 Å². The lowest BCUT2D eigenvalue weighted by molar-refractivity contribution is -0.138. The van der Waals surface area contributed by atoms with Crippen LogP contribution in [0.25, 0.3) is 0 Å². The SMILES string of the molecule is C=C(/C=C(C)/C(=C/C)C(=O)OCC)NS(=O)(=O)c1ccc(OC)cc1. The fraction of sp³-hybridized carbons (Fsp3) is 0.278. The van der Waals surface area contributed by atoms with Gasteiger partial charge in [0, 0.05) is 5.70 Å². The molecule has 0 unspecified atom stereocenters. The quantitative estimate of drug-likeness (QED) is 0.435. The summed E-state index contributed by atoms with van der Waals surface area (Å²) in [7, 11) is -2.28. The maximum absolute atomic E-state index is 12.4. The van der Waals surface area contributed by atoms with Crippen molar-refractivity contribution >= 4 is 16.0 Å². The Morgan fingerprint density at radius 3 is 2.36 bits per heavy atom. The van der Waals surface area contributed by atoms with Gasteiger partial charge in [-0.3, -0.25) is 4.72 Å². The van der Waals surface area contributed by atoms with E-state index in [1.165, 1.54) is 25.3 Å². The highest BCUT2D eigenvalue weighted by Gasteiger charge is 2.16. The minimum absolute atomic E-state index is 0.0807. The Labute approximate surface area is 148 Å². The average Bonchev–Trinajstić information content (AvgIpc) is 2.55. The van der Waals surface area contributed by atoms with Crippen LogP contribution in [0.5, 0.6) is 5.75 Å². The van der Waals surface area contributed by atoms with E-state index in [4.69, 9.17) is 9.47 Å².